The molecule has 43 heavy (non-hydrogen) atoms. The molecule has 0 unspecified atom stereocenters. The van der Waals surface area contributed by atoms with Crippen LogP contribution in [0.25, 0.3) is 28.0 Å². The van der Waals surface area contributed by atoms with Gasteiger partial charge in [-0.1, -0.05) is 12.6 Å². The molecule has 1 saturated carbocycles. The maximum absolute atomic E-state index is 15.9. The predicted octanol–water partition coefficient (Wildman–Crippen LogP) is 2.86. The van der Waals surface area contributed by atoms with E-state index in [0.29, 0.717) is 12.8 Å². The quantitative estimate of drug-likeness (QED) is 0.258. The third-order valence-electron chi connectivity index (χ3n) is 7.74. The number of hydrogen-bond donors (Lipinski definition) is 1. The van der Waals surface area contributed by atoms with Crippen LogP contribution in [0.3, 0.4) is 0 Å². The molecule has 4 heterocycles. The Labute approximate surface area is 245 Å². The van der Waals surface area contributed by atoms with E-state index >= 15 is 4.39 Å². The van der Waals surface area contributed by atoms with Gasteiger partial charge in [0.2, 0.25) is 5.91 Å². The molecule has 1 atom stereocenters. The molecule has 1 saturated heterocycles. The van der Waals surface area contributed by atoms with E-state index in [9.17, 15) is 22.4 Å². The van der Waals surface area contributed by atoms with E-state index in [4.69, 9.17) is 5.73 Å². The van der Waals surface area contributed by atoms with Gasteiger partial charge in [-0.3, -0.25) is 9.78 Å². The topological polar surface area (TPSA) is 144 Å². The first-order valence-corrected chi connectivity index (χ1v) is 15.1. The minimum Gasteiger partial charge on any atom is -0.398 e. The fourth-order valence-corrected chi connectivity index (χ4v) is 7.25. The number of pyridine rings is 2. The summed E-state index contributed by atoms with van der Waals surface area (Å²) in [5, 5.41) is -0.526. The molecule has 1 aliphatic carbocycles. The van der Waals surface area contributed by atoms with E-state index in [1.807, 2.05) is 6.92 Å². The van der Waals surface area contributed by atoms with Crippen LogP contribution < -0.4 is 16.3 Å². The molecule has 0 radical (unpaired) electrons. The molecule has 222 valence electrons. The normalized spacial score (nSPS) is 17.3. The Morgan fingerprint density at radius 1 is 1.14 bits per heavy atom. The highest BCUT2D eigenvalue weighted by molar-refractivity contribution is 7.92. The number of amides is 1. The lowest BCUT2D eigenvalue weighted by molar-refractivity contribution is -0.126. The molecule has 1 aliphatic heterocycles. The molecule has 3 aromatic heterocycles. The van der Waals surface area contributed by atoms with Crippen molar-refractivity contribution >= 4 is 38.3 Å². The minimum absolute atomic E-state index is 0.0738. The van der Waals surface area contributed by atoms with E-state index in [-0.39, 0.29) is 70.3 Å². The fraction of sp³-hybridized carbons (Fsp3) is 0.276. The Morgan fingerprint density at radius 2 is 1.91 bits per heavy atom. The van der Waals surface area contributed by atoms with Crippen LogP contribution in [0.5, 0.6) is 0 Å². The summed E-state index contributed by atoms with van der Waals surface area (Å²) in [5.41, 5.74) is 4.01. The lowest BCUT2D eigenvalue weighted by Crippen LogP contribution is -2.54. The summed E-state index contributed by atoms with van der Waals surface area (Å²) in [6.45, 7) is 6.17. The summed E-state index contributed by atoms with van der Waals surface area (Å²) in [5.74, 6) is -1.92. The summed E-state index contributed by atoms with van der Waals surface area (Å²) >= 11 is 0. The Hall–Kier alpha value is -4.72. The highest BCUT2D eigenvalue weighted by Gasteiger charge is 2.39. The van der Waals surface area contributed by atoms with E-state index in [2.05, 4.69) is 21.5 Å². The zero-order valence-corrected chi connectivity index (χ0v) is 23.9. The van der Waals surface area contributed by atoms with Gasteiger partial charge in [-0.05, 0) is 50.1 Å². The Bertz CT molecular complexity index is 1960. The van der Waals surface area contributed by atoms with Crippen molar-refractivity contribution in [1.82, 2.24) is 24.4 Å². The third-order valence-corrected chi connectivity index (χ3v) is 10.0. The summed E-state index contributed by atoms with van der Waals surface area (Å²) < 4.78 is 58.6. The number of rotatable bonds is 6. The van der Waals surface area contributed by atoms with Crippen molar-refractivity contribution in [1.29, 1.82) is 0 Å². The number of hydrogen-bond acceptors (Lipinski definition) is 9. The first kappa shape index (κ1) is 28.4. The monoisotopic (exact) mass is 607 g/mol. The number of piperazine rings is 1. The van der Waals surface area contributed by atoms with Crippen molar-refractivity contribution in [3.8, 4) is 16.9 Å². The van der Waals surface area contributed by atoms with Crippen LogP contribution in [0.1, 0.15) is 19.8 Å². The maximum atomic E-state index is 15.9. The second-order valence-electron chi connectivity index (χ2n) is 10.6. The van der Waals surface area contributed by atoms with Crippen molar-refractivity contribution in [2.75, 3.05) is 30.3 Å². The van der Waals surface area contributed by atoms with Crippen LogP contribution in [0.2, 0.25) is 0 Å². The number of benzene rings is 1. The van der Waals surface area contributed by atoms with Gasteiger partial charge in [0.05, 0.1) is 33.0 Å². The largest absolute Gasteiger partial charge is 0.398 e. The summed E-state index contributed by atoms with van der Waals surface area (Å²) in [7, 11) is -3.84. The van der Waals surface area contributed by atoms with Crippen molar-refractivity contribution in [3.63, 3.8) is 0 Å². The molecule has 2 fully saturated rings. The highest BCUT2D eigenvalue weighted by atomic mass is 32.2. The van der Waals surface area contributed by atoms with Gasteiger partial charge in [0.25, 0.3) is 0 Å². The van der Waals surface area contributed by atoms with Crippen molar-refractivity contribution in [3.05, 3.63) is 77.5 Å². The van der Waals surface area contributed by atoms with Crippen LogP contribution in [-0.2, 0) is 14.6 Å². The first-order chi connectivity index (χ1) is 20.5. The maximum Gasteiger partial charge on any atom is 0.355 e. The number of nitrogens with two attached hydrogens (primary N) is 1. The molecule has 11 nitrogen and oxygen atoms in total. The number of halogens is 2. The molecule has 1 amide bonds. The Balaban J connectivity index is 1.64. The molecule has 6 rings (SSSR count). The number of nitrogen functional groups attached to an aromatic ring is 1. The number of nitrogens with zero attached hydrogens (tertiary/aromatic N) is 6. The number of anilines is 2. The van der Waals surface area contributed by atoms with E-state index in [1.54, 1.807) is 9.80 Å². The average molecular weight is 608 g/mol. The average Bonchev–Trinajstić information content (AvgIpc) is 3.84. The Morgan fingerprint density at radius 3 is 2.58 bits per heavy atom. The zero-order valence-electron chi connectivity index (χ0n) is 23.1. The standard InChI is InChI=1S/C29H27F2N7O4S/c1-3-24(39)36-11-12-37(16(2)15-36)27-18-13-20(31)26(25-19(30)5-4-6-21(25)32)34-28(18)38(29(40)35-27)22-14-33-10-9-23(22)43(41,42)17-7-8-17/h3-6,9-10,13-14,16-17H,1,7-8,11-12,15,32H2,2H3/t16-/m0/s1. The number of sulfone groups is 1. The van der Waals surface area contributed by atoms with Crippen LogP contribution in [-0.4, -0.2) is 69.7 Å². The van der Waals surface area contributed by atoms with Crippen molar-refractivity contribution in [2.24, 2.45) is 0 Å². The smallest absolute Gasteiger partial charge is 0.355 e. The molecule has 14 heteroatoms. The van der Waals surface area contributed by atoms with Gasteiger partial charge < -0.3 is 15.5 Å². The van der Waals surface area contributed by atoms with Crippen LogP contribution >= 0.6 is 0 Å². The molecule has 4 aromatic rings. The second kappa shape index (κ2) is 10.5. The number of fused-ring (bicyclic) bond motifs is 1. The van der Waals surface area contributed by atoms with Gasteiger partial charge in [0, 0.05) is 37.6 Å². The van der Waals surface area contributed by atoms with Gasteiger partial charge >= 0.3 is 5.69 Å². The molecular formula is C29H27F2N7O4S. The molecule has 2 aliphatic rings. The van der Waals surface area contributed by atoms with Crippen molar-refractivity contribution < 1.29 is 22.0 Å². The van der Waals surface area contributed by atoms with E-state index < -0.39 is 38.1 Å². The van der Waals surface area contributed by atoms with Gasteiger partial charge in [-0.25, -0.2) is 31.5 Å². The Kier molecular flexibility index (Phi) is 6.95. The summed E-state index contributed by atoms with van der Waals surface area (Å²) in [6.07, 6.45) is 4.69. The lowest BCUT2D eigenvalue weighted by Gasteiger charge is -2.40. The number of aromatic nitrogens is 4. The van der Waals surface area contributed by atoms with Gasteiger partial charge in [-0.15, -0.1) is 0 Å². The van der Waals surface area contributed by atoms with Gasteiger partial charge in [-0.2, -0.15) is 4.98 Å². The van der Waals surface area contributed by atoms with Crippen LogP contribution in [0.4, 0.5) is 20.3 Å². The van der Waals surface area contributed by atoms with Gasteiger partial charge in [0.1, 0.15) is 17.3 Å². The zero-order chi connectivity index (χ0) is 30.6. The number of carbonyl (C=O) groups excluding carboxylic acids is 1. The molecule has 0 spiro atoms. The van der Waals surface area contributed by atoms with Crippen LogP contribution in [0.15, 0.2) is 65.1 Å². The van der Waals surface area contributed by atoms with E-state index in [0.717, 1.165) is 16.7 Å². The fourth-order valence-electron chi connectivity index (χ4n) is 5.45. The van der Waals surface area contributed by atoms with Crippen molar-refractivity contribution in [2.45, 2.75) is 36.0 Å². The highest BCUT2D eigenvalue weighted by Crippen LogP contribution is 2.38. The van der Waals surface area contributed by atoms with E-state index in [1.165, 1.54) is 36.7 Å². The summed E-state index contributed by atoms with van der Waals surface area (Å²) in [4.78, 5) is 42.0. The molecule has 1 aromatic carbocycles. The minimum atomic E-state index is -3.84. The van der Waals surface area contributed by atoms with Gasteiger partial charge in [0.15, 0.2) is 21.3 Å². The first-order valence-electron chi connectivity index (χ1n) is 13.6. The summed E-state index contributed by atoms with van der Waals surface area (Å²) in [6, 6.07) is 5.90. The lowest BCUT2D eigenvalue weighted by atomic mass is 10.1. The SMILES string of the molecule is C=CC(=O)N1CCN(c2nc(=O)n(-c3cnccc3S(=O)(=O)C3CC3)c3nc(-c4c(N)cccc4F)c(F)cc23)[C@@H](C)C1. The van der Waals surface area contributed by atoms with Crippen LogP contribution in [0, 0.1) is 11.6 Å². The number of carbonyl (C=O) groups is 1. The second-order valence-corrected chi connectivity index (χ2v) is 12.8. The third kappa shape index (κ3) is 4.80. The predicted molar refractivity (Wildman–Crippen MR) is 156 cm³/mol. The molecule has 0 bridgehead atoms. The molecular weight excluding hydrogens is 580 g/mol. The molecule has 2 N–H and O–H groups in total.